The Morgan fingerprint density at radius 1 is 1.48 bits per heavy atom. The van der Waals surface area contributed by atoms with Gasteiger partial charge >= 0.3 is 0 Å². The van der Waals surface area contributed by atoms with Crippen LogP contribution in [-0.2, 0) is 13.0 Å². The molecule has 3 nitrogen and oxygen atoms in total. The summed E-state index contributed by atoms with van der Waals surface area (Å²) in [4.78, 5) is 0. The molecule has 2 unspecified atom stereocenters. The third kappa shape index (κ3) is 4.01. The maximum Gasteiger partial charge on any atom is 0.0847 e. The summed E-state index contributed by atoms with van der Waals surface area (Å²) in [5.74, 6) is 1.52. The monoisotopic (exact) mass is 311 g/mol. The zero-order chi connectivity index (χ0) is 15.6. The Labute approximate surface area is 134 Å². The predicted molar refractivity (Wildman–Crippen MR) is 89.7 cm³/mol. The van der Waals surface area contributed by atoms with Crippen molar-refractivity contribution in [2.45, 2.75) is 78.3 Å². The number of hydrogen-bond donors (Lipinski definition) is 1. The summed E-state index contributed by atoms with van der Waals surface area (Å²) >= 11 is 6.46. The lowest BCUT2D eigenvalue weighted by Crippen LogP contribution is -2.47. The van der Waals surface area contributed by atoms with Crippen molar-refractivity contribution in [3.8, 4) is 0 Å². The molecule has 21 heavy (non-hydrogen) atoms. The van der Waals surface area contributed by atoms with E-state index in [0.717, 1.165) is 54.1 Å². The van der Waals surface area contributed by atoms with Crippen LogP contribution < -0.4 is 5.73 Å². The Kier molecular flexibility index (Phi) is 5.37. The molecule has 1 heterocycles. The highest BCUT2D eigenvalue weighted by molar-refractivity contribution is 6.31. The summed E-state index contributed by atoms with van der Waals surface area (Å²) in [5.41, 5.74) is 8.70. The van der Waals surface area contributed by atoms with Crippen LogP contribution in [0.5, 0.6) is 0 Å². The van der Waals surface area contributed by atoms with Crippen LogP contribution in [0, 0.1) is 18.8 Å². The molecule has 1 aliphatic carbocycles. The first-order valence-electron chi connectivity index (χ1n) is 8.35. The Balaban J connectivity index is 2.14. The average Bonchev–Trinajstić information content (AvgIpc) is 2.65. The van der Waals surface area contributed by atoms with Crippen LogP contribution in [0.2, 0.25) is 5.02 Å². The number of aromatic nitrogens is 2. The smallest absolute Gasteiger partial charge is 0.0847 e. The van der Waals surface area contributed by atoms with E-state index in [9.17, 15) is 0 Å². The fourth-order valence-electron chi connectivity index (χ4n) is 3.92. The van der Waals surface area contributed by atoms with Gasteiger partial charge in [0.25, 0.3) is 0 Å². The van der Waals surface area contributed by atoms with Crippen molar-refractivity contribution in [3.63, 3.8) is 0 Å². The van der Waals surface area contributed by atoms with E-state index < -0.39 is 0 Å². The van der Waals surface area contributed by atoms with Gasteiger partial charge in [-0.15, -0.1) is 0 Å². The molecule has 0 spiro atoms. The Morgan fingerprint density at radius 3 is 2.81 bits per heavy atom. The van der Waals surface area contributed by atoms with Crippen molar-refractivity contribution in [1.82, 2.24) is 9.78 Å². The van der Waals surface area contributed by atoms with Crippen LogP contribution in [0.15, 0.2) is 0 Å². The maximum absolute atomic E-state index is 6.76. The van der Waals surface area contributed by atoms with Gasteiger partial charge in [-0.3, -0.25) is 4.68 Å². The lowest BCUT2D eigenvalue weighted by molar-refractivity contribution is 0.198. The average molecular weight is 312 g/mol. The molecule has 0 bridgehead atoms. The van der Waals surface area contributed by atoms with Crippen molar-refractivity contribution in [3.05, 3.63) is 16.4 Å². The fraction of sp³-hybridized carbons (Fsp3) is 0.824. The van der Waals surface area contributed by atoms with Crippen LogP contribution in [0.3, 0.4) is 0 Å². The van der Waals surface area contributed by atoms with E-state index in [0.29, 0.717) is 0 Å². The molecule has 1 saturated carbocycles. The van der Waals surface area contributed by atoms with E-state index in [1.54, 1.807) is 0 Å². The van der Waals surface area contributed by atoms with Crippen LogP contribution in [0.4, 0.5) is 0 Å². The SMILES string of the molecule is CCn1nc(C)c(Cl)c1CC1(N)CCCC(CC(C)C)C1. The normalized spacial score (nSPS) is 26.5. The number of hydrogen-bond acceptors (Lipinski definition) is 2. The largest absolute Gasteiger partial charge is 0.325 e. The van der Waals surface area contributed by atoms with Crippen molar-refractivity contribution in [1.29, 1.82) is 0 Å². The topological polar surface area (TPSA) is 43.8 Å². The van der Waals surface area contributed by atoms with Crippen LogP contribution in [-0.4, -0.2) is 15.3 Å². The zero-order valence-electron chi connectivity index (χ0n) is 14.0. The highest BCUT2D eigenvalue weighted by Gasteiger charge is 2.34. The third-order valence-electron chi connectivity index (χ3n) is 4.76. The van der Waals surface area contributed by atoms with Gasteiger partial charge in [0, 0.05) is 18.5 Å². The minimum Gasteiger partial charge on any atom is -0.325 e. The van der Waals surface area contributed by atoms with E-state index in [1.807, 2.05) is 11.6 Å². The second kappa shape index (κ2) is 6.70. The lowest BCUT2D eigenvalue weighted by atomic mass is 9.72. The summed E-state index contributed by atoms with van der Waals surface area (Å²) in [7, 11) is 0. The van der Waals surface area contributed by atoms with Gasteiger partial charge in [0.05, 0.1) is 16.4 Å². The van der Waals surface area contributed by atoms with E-state index in [1.165, 1.54) is 19.3 Å². The van der Waals surface area contributed by atoms with Crippen LogP contribution in [0.25, 0.3) is 0 Å². The molecule has 4 heteroatoms. The zero-order valence-corrected chi connectivity index (χ0v) is 14.7. The lowest BCUT2D eigenvalue weighted by Gasteiger charge is -2.39. The Bertz CT molecular complexity index is 481. The number of rotatable bonds is 5. The number of nitrogens with two attached hydrogens (primary N) is 1. The summed E-state index contributed by atoms with van der Waals surface area (Å²) < 4.78 is 2.03. The fourth-order valence-corrected chi connectivity index (χ4v) is 4.12. The molecule has 120 valence electrons. The molecular weight excluding hydrogens is 282 g/mol. The van der Waals surface area contributed by atoms with E-state index in [2.05, 4.69) is 25.9 Å². The van der Waals surface area contributed by atoms with Gasteiger partial charge < -0.3 is 5.73 Å². The summed E-state index contributed by atoms with van der Waals surface area (Å²) in [6.45, 7) is 9.55. The van der Waals surface area contributed by atoms with Crippen molar-refractivity contribution >= 4 is 11.6 Å². The Morgan fingerprint density at radius 2 is 2.19 bits per heavy atom. The predicted octanol–water partition coefficient (Wildman–Crippen LogP) is 4.34. The van der Waals surface area contributed by atoms with Crippen molar-refractivity contribution < 1.29 is 0 Å². The van der Waals surface area contributed by atoms with E-state index in [-0.39, 0.29) is 5.54 Å². The third-order valence-corrected chi connectivity index (χ3v) is 5.25. The van der Waals surface area contributed by atoms with Gasteiger partial charge in [0.15, 0.2) is 0 Å². The standard InChI is InChI=1S/C17H30ClN3/c1-5-21-15(16(18)13(4)20-21)11-17(19)8-6-7-14(10-17)9-12(2)3/h12,14H,5-11,19H2,1-4H3. The van der Waals surface area contributed by atoms with Crippen molar-refractivity contribution in [2.24, 2.45) is 17.6 Å². The molecule has 0 amide bonds. The number of nitrogens with zero attached hydrogens (tertiary/aromatic N) is 2. The second-order valence-corrected chi connectivity index (χ2v) is 7.67. The summed E-state index contributed by atoms with van der Waals surface area (Å²) in [6, 6.07) is 0. The molecule has 1 aromatic heterocycles. The maximum atomic E-state index is 6.76. The van der Waals surface area contributed by atoms with Crippen molar-refractivity contribution in [2.75, 3.05) is 0 Å². The molecule has 0 saturated heterocycles. The van der Waals surface area contributed by atoms with E-state index in [4.69, 9.17) is 17.3 Å². The minimum atomic E-state index is -0.110. The first-order chi connectivity index (χ1) is 9.84. The highest BCUT2D eigenvalue weighted by atomic mass is 35.5. The molecule has 0 aliphatic heterocycles. The molecule has 0 aromatic carbocycles. The van der Waals surface area contributed by atoms with E-state index >= 15 is 0 Å². The van der Waals surface area contributed by atoms with Gasteiger partial charge in [-0.05, 0) is 44.9 Å². The van der Waals surface area contributed by atoms with Crippen LogP contribution >= 0.6 is 11.6 Å². The minimum absolute atomic E-state index is 0.110. The van der Waals surface area contributed by atoms with Gasteiger partial charge in [-0.1, -0.05) is 38.3 Å². The molecular formula is C17H30ClN3. The number of aryl methyl sites for hydroxylation is 2. The Hall–Kier alpha value is -0.540. The molecule has 2 rings (SSSR count). The molecule has 1 fully saturated rings. The van der Waals surface area contributed by atoms with Gasteiger partial charge in [-0.25, -0.2) is 0 Å². The quantitative estimate of drug-likeness (QED) is 0.879. The molecule has 1 aromatic rings. The summed E-state index contributed by atoms with van der Waals surface area (Å²) in [5, 5.41) is 5.33. The first-order valence-corrected chi connectivity index (χ1v) is 8.73. The molecule has 1 aliphatic rings. The molecule has 2 atom stereocenters. The van der Waals surface area contributed by atoms with Gasteiger partial charge in [0.2, 0.25) is 0 Å². The second-order valence-electron chi connectivity index (χ2n) is 7.29. The summed E-state index contributed by atoms with van der Waals surface area (Å²) in [6.07, 6.45) is 6.94. The number of halogens is 1. The molecule has 0 radical (unpaired) electrons. The van der Waals surface area contributed by atoms with Gasteiger partial charge in [0.1, 0.15) is 0 Å². The molecule has 2 N–H and O–H groups in total. The van der Waals surface area contributed by atoms with Gasteiger partial charge in [-0.2, -0.15) is 5.10 Å². The highest BCUT2D eigenvalue weighted by Crippen LogP contribution is 2.37. The first kappa shape index (κ1) is 16.8. The van der Waals surface area contributed by atoms with Crippen LogP contribution in [0.1, 0.15) is 64.3 Å².